The van der Waals surface area contributed by atoms with Crippen molar-refractivity contribution in [1.29, 1.82) is 0 Å². The number of nitrogens with one attached hydrogen (secondary N) is 1. The number of carbonyl (C=O) groups excluding carboxylic acids is 1. The van der Waals surface area contributed by atoms with Crippen LogP contribution in [0.1, 0.15) is 9.67 Å². The Morgan fingerprint density at radius 2 is 1.85 bits per heavy atom. The number of nitrogens with zero attached hydrogens (tertiary/aromatic N) is 2. The Kier molecular flexibility index (Phi) is 5.54. The molecule has 0 aliphatic heterocycles. The topological polar surface area (TPSA) is 54.9 Å². The van der Waals surface area contributed by atoms with E-state index in [1.807, 2.05) is 60.7 Å². The lowest BCUT2D eigenvalue weighted by Gasteiger charge is -2.08. The molecule has 4 nitrogen and oxygen atoms in total. The van der Waals surface area contributed by atoms with Crippen molar-refractivity contribution in [3.63, 3.8) is 0 Å². The molecule has 2 aromatic heterocycles. The first kappa shape index (κ1) is 18.2. The van der Waals surface area contributed by atoms with Crippen LogP contribution in [-0.4, -0.2) is 16.1 Å². The summed E-state index contributed by atoms with van der Waals surface area (Å²) in [6.07, 6.45) is 0. The van der Waals surface area contributed by atoms with E-state index in [0.29, 0.717) is 9.90 Å². The third-order valence-corrected chi connectivity index (χ3v) is 6.87. The Balaban J connectivity index is 1.52. The maximum atomic E-state index is 12.7. The molecule has 0 atom stereocenters. The third-order valence-electron chi connectivity index (χ3n) is 3.63. The summed E-state index contributed by atoms with van der Waals surface area (Å²) in [6.45, 7) is 0. The highest BCUT2D eigenvalue weighted by atomic mass is 35.5. The minimum atomic E-state index is -0.134. The first-order valence-electron chi connectivity index (χ1n) is 7.89. The van der Waals surface area contributed by atoms with E-state index < -0.39 is 0 Å². The van der Waals surface area contributed by atoms with E-state index in [-0.39, 0.29) is 5.91 Å². The summed E-state index contributed by atoms with van der Waals surface area (Å²) in [5.41, 5.74) is 3.48. The smallest absolute Gasteiger partial charge is 0.265 e. The number of halogens is 1. The van der Waals surface area contributed by atoms with Crippen LogP contribution >= 0.6 is 46.0 Å². The highest BCUT2D eigenvalue weighted by Crippen LogP contribution is 2.35. The Hall–Kier alpha value is -2.19. The first-order valence-corrected chi connectivity index (χ1v) is 10.8. The van der Waals surface area contributed by atoms with E-state index in [1.54, 1.807) is 5.51 Å². The molecule has 0 unspecified atom stereocenters. The van der Waals surface area contributed by atoms with Crippen LogP contribution in [-0.2, 0) is 0 Å². The number of anilines is 1. The minimum absolute atomic E-state index is 0.134. The molecule has 0 bridgehead atoms. The highest BCUT2D eigenvalue weighted by Gasteiger charge is 2.13. The number of carbonyl (C=O) groups is 1. The molecule has 2 aromatic carbocycles. The zero-order valence-corrected chi connectivity index (χ0v) is 17.0. The van der Waals surface area contributed by atoms with Gasteiger partial charge in [0.25, 0.3) is 5.91 Å². The third kappa shape index (κ3) is 4.39. The Labute approximate surface area is 173 Å². The van der Waals surface area contributed by atoms with Gasteiger partial charge in [-0.15, -0.1) is 21.5 Å². The quantitative estimate of drug-likeness (QED) is 0.403. The van der Waals surface area contributed by atoms with Gasteiger partial charge < -0.3 is 5.32 Å². The number of para-hydroxylation sites is 1. The molecule has 4 rings (SSSR count). The highest BCUT2D eigenvalue weighted by molar-refractivity contribution is 8.01. The predicted molar refractivity (Wildman–Crippen MR) is 113 cm³/mol. The average Bonchev–Trinajstić information content (AvgIpc) is 3.36. The van der Waals surface area contributed by atoms with Crippen LogP contribution in [0.5, 0.6) is 0 Å². The average molecular weight is 430 g/mol. The van der Waals surface area contributed by atoms with Gasteiger partial charge in [-0.05, 0) is 42.0 Å². The second kappa shape index (κ2) is 8.22. The molecule has 27 heavy (non-hydrogen) atoms. The zero-order valence-electron chi connectivity index (χ0n) is 13.8. The van der Waals surface area contributed by atoms with E-state index in [0.717, 1.165) is 25.4 Å². The standard InChI is InChI=1S/C19H12ClN3OS3/c20-13-7-5-12(6-8-13)15-9-10-17(26-15)18(24)22-14-3-1-2-4-16(14)27-19-23-21-11-25-19/h1-11H,(H,22,24). The van der Waals surface area contributed by atoms with Gasteiger partial charge in [-0.25, -0.2) is 0 Å². The molecular formula is C19H12ClN3OS3. The van der Waals surface area contributed by atoms with E-state index in [2.05, 4.69) is 15.5 Å². The van der Waals surface area contributed by atoms with Crippen molar-refractivity contribution in [2.24, 2.45) is 0 Å². The fourth-order valence-electron chi connectivity index (χ4n) is 2.37. The van der Waals surface area contributed by atoms with Gasteiger partial charge in [-0.2, -0.15) is 0 Å². The number of hydrogen-bond acceptors (Lipinski definition) is 6. The summed E-state index contributed by atoms with van der Waals surface area (Å²) in [4.78, 5) is 15.3. The molecule has 0 aliphatic rings. The van der Waals surface area contributed by atoms with Gasteiger partial charge in [-0.3, -0.25) is 4.79 Å². The molecule has 4 aromatic rings. The van der Waals surface area contributed by atoms with Crippen molar-refractivity contribution < 1.29 is 4.79 Å². The number of aromatic nitrogens is 2. The molecule has 0 fully saturated rings. The SMILES string of the molecule is O=C(Nc1ccccc1Sc1nncs1)c1ccc(-c2ccc(Cl)cc2)s1. The lowest BCUT2D eigenvalue weighted by Crippen LogP contribution is -2.10. The van der Waals surface area contributed by atoms with Crippen molar-refractivity contribution in [3.05, 3.63) is 76.1 Å². The molecule has 0 saturated heterocycles. The van der Waals surface area contributed by atoms with E-state index in [1.165, 1.54) is 34.4 Å². The lowest BCUT2D eigenvalue weighted by molar-refractivity contribution is 0.103. The van der Waals surface area contributed by atoms with E-state index in [4.69, 9.17) is 11.6 Å². The summed E-state index contributed by atoms with van der Waals surface area (Å²) < 4.78 is 0.831. The minimum Gasteiger partial charge on any atom is -0.320 e. The van der Waals surface area contributed by atoms with Crippen LogP contribution in [0.3, 0.4) is 0 Å². The lowest BCUT2D eigenvalue weighted by atomic mass is 10.2. The van der Waals surface area contributed by atoms with Crippen molar-refractivity contribution in [2.75, 3.05) is 5.32 Å². The van der Waals surface area contributed by atoms with Gasteiger partial charge in [0.2, 0.25) is 0 Å². The number of rotatable bonds is 5. The summed E-state index contributed by atoms with van der Waals surface area (Å²) in [7, 11) is 0. The first-order chi connectivity index (χ1) is 13.2. The summed E-state index contributed by atoms with van der Waals surface area (Å²) in [5.74, 6) is -0.134. The molecule has 0 saturated carbocycles. The van der Waals surface area contributed by atoms with Gasteiger partial charge >= 0.3 is 0 Å². The summed E-state index contributed by atoms with van der Waals surface area (Å²) in [6, 6.07) is 19.0. The van der Waals surface area contributed by atoms with Crippen LogP contribution < -0.4 is 5.32 Å². The van der Waals surface area contributed by atoms with Gasteiger partial charge in [-0.1, -0.05) is 59.0 Å². The second-order valence-corrected chi connectivity index (χ2v) is 9.07. The molecule has 0 radical (unpaired) electrons. The van der Waals surface area contributed by atoms with Crippen LogP contribution in [0.15, 0.2) is 75.4 Å². The number of amides is 1. The second-order valence-electron chi connectivity index (χ2n) is 5.43. The van der Waals surface area contributed by atoms with Crippen LogP contribution in [0.25, 0.3) is 10.4 Å². The van der Waals surface area contributed by atoms with E-state index >= 15 is 0 Å². The monoisotopic (exact) mass is 429 g/mol. The van der Waals surface area contributed by atoms with Gasteiger partial charge in [0.05, 0.1) is 10.6 Å². The molecule has 134 valence electrons. The van der Waals surface area contributed by atoms with E-state index in [9.17, 15) is 4.79 Å². The molecule has 2 heterocycles. The maximum absolute atomic E-state index is 12.7. The Morgan fingerprint density at radius 3 is 2.63 bits per heavy atom. The Bertz CT molecular complexity index is 1060. The fraction of sp³-hybridized carbons (Fsp3) is 0. The van der Waals surface area contributed by atoms with Crippen molar-refractivity contribution in [1.82, 2.24) is 10.2 Å². The number of hydrogen-bond donors (Lipinski definition) is 1. The Morgan fingerprint density at radius 1 is 1.04 bits per heavy atom. The summed E-state index contributed by atoms with van der Waals surface area (Å²) in [5, 5.41) is 11.6. The van der Waals surface area contributed by atoms with Crippen LogP contribution in [0, 0.1) is 0 Å². The summed E-state index contributed by atoms with van der Waals surface area (Å²) >= 11 is 10.3. The number of benzene rings is 2. The van der Waals surface area contributed by atoms with Crippen molar-refractivity contribution in [2.45, 2.75) is 9.24 Å². The molecule has 1 amide bonds. The van der Waals surface area contributed by atoms with Crippen LogP contribution in [0.4, 0.5) is 5.69 Å². The fourth-order valence-corrected chi connectivity index (χ4v) is 4.93. The molecule has 0 spiro atoms. The van der Waals surface area contributed by atoms with Gasteiger partial charge in [0, 0.05) is 14.8 Å². The van der Waals surface area contributed by atoms with Gasteiger partial charge in [0.1, 0.15) is 5.51 Å². The predicted octanol–water partition coefficient (Wildman–Crippen LogP) is 6.32. The molecular weight excluding hydrogens is 418 g/mol. The molecule has 0 aliphatic carbocycles. The van der Waals surface area contributed by atoms with Crippen molar-refractivity contribution >= 4 is 57.6 Å². The number of thiophene rings is 1. The van der Waals surface area contributed by atoms with Gasteiger partial charge in [0.15, 0.2) is 4.34 Å². The normalized spacial score (nSPS) is 10.7. The maximum Gasteiger partial charge on any atom is 0.265 e. The van der Waals surface area contributed by atoms with Crippen molar-refractivity contribution in [3.8, 4) is 10.4 Å². The van der Waals surface area contributed by atoms with Crippen LogP contribution in [0.2, 0.25) is 5.02 Å². The zero-order chi connectivity index (χ0) is 18.6. The molecule has 1 N–H and O–H groups in total. The molecule has 8 heteroatoms. The largest absolute Gasteiger partial charge is 0.320 e.